The molecule has 1 aliphatic carbocycles. The van der Waals surface area contributed by atoms with Crippen molar-refractivity contribution in [1.29, 1.82) is 0 Å². The monoisotopic (exact) mass is 231 g/mol. The second-order valence-electron chi connectivity index (χ2n) is 4.84. The molecule has 2 rings (SSSR count). The SMILES string of the molecule is OCC1(NC/C=C/c2ccccc2)CCCC1. The summed E-state index contributed by atoms with van der Waals surface area (Å²) in [6, 6.07) is 10.3. The summed E-state index contributed by atoms with van der Waals surface area (Å²) in [5.41, 5.74) is 1.21. The third-order valence-electron chi connectivity index (χ3n) is 3.57. The summed E-state index contributed by atoms with van der Waals surface area (Å²) in [5, 5.41) is 12.9. The number of aliphatic hydroxyl groups is 1. The highest BCUT2D eigenvalue weighted by molar-refractivity contribution is 5.48. The first-order valence-corrected chi connectivity index (χ1v) is 6.42. The van der Waals surface area contributed by atoms with Crippen LogP contribution in [0.25, 0.3) is 6.08 Å². The van der Waals surface area contributed by atoms with Gasteiger partial charge in [-0.1, -0.05) is 55.3 Å². The Morgan fingerprint density at radius 2 is 1.88 bits per heavy atom. The number of hydrogen-bond donors (Lipinski definition) is 2. The Kier molecular flexibility index (Phi) is 4.35. The molecule has 0 unspecified atom stereocenters. The van der Waals surface area contributed by atoms with Crippen LogP contribution in [-0.2, 0) is 0 Å². The van der Waals surface area contributed by atoms with Gasteiger partial charge in [-0.3, -0.25) is 0 Å². The van der Waals surface area contributed by atoms with Crippen molar-refractivity contribution in [3.05, 3.63) is 42.0 Å². The summed E-state index contributed by atoms with van der Waals surface area (Å²) in [6.45, 7) is 1.08. The van der Waals surface area contributed by atoms with E-state index in [9.17, 15) is 5.11 Å². The van der Waals surface area contributed by atoms with E-state index in [2.05, 4.69) is 29.6 Å². The quantitative estimate of drug-likeness (QED) is 0.816. The lowest BCUT2D eigenvalue weighted by atomic mass is 9.99. The van der Waals surface area contributed by atoms with Crippen LogP contribution in [0.4, 0.5) is 0 Å². The van der Waals surface area contributed by atoms with Gasteiger partial charge in [-0.05, 0) is 18.4 Å². The molecule has 0 saturated heterocycles. The lowest BCUT2D eigenvalue weighted by Gasteiger charge is -2.27. The topological polar surface area (TPSA) is 32.3 Å². The molecule has 0 aliphatic heterocycles. The molecule has 1 saturated carbocycles. The molecule has 0 atom stereocenters. The van der Waals surface area contributed by atoms with Crippen LogP contribution in [-0.4, -0.2) is 23.8 Å². The number of nitrogens with one attached hydrogen (secondary N) is 1. The predicted octanol–water partition coefficient (Wildman–Crippen LogP) is 2.59. The van der Waals surface area contributed by atoms with Crippen LogP contribution >= 0.6 is 0 Å². The molecular formula is C15H21NO. The standard InChI is InChI=1S/C15H21NO/c17-13-15(10-4-5-11-15)16-12-6-9-14-7-2-1-3-8-14/h1-3,6-9,16-17H,4-5,10-13H2/b9-6+. The van der Waals surface area contributed by atoms with Crippen LogP contribution in [0.15, 0.2) is 36.4 Å². The smallest absolute Gasteiger partial charge is 0.0613 e. The van der Waals surface area contributed by atoms with Crippen LogP contribution in [0.2, 0.25) is 0 Å². The zero-order chi connectivity index (χ0) is 12.0. The summed E-state index contributed by atoms with van der Waals surface area (Å²) < 4.78 is 0. The highest BCUT2D eigenvalue weighted by atomic mass is 16.3. The molecule has 0 aromatic heterocycles. The van der Waals surface area contributed by atoms with Crippen molar-refractivity contribution in [2.24, 2.45) is 0 Å². The first-order chi connectivity index (χ1) is 8.35. The van der Waals surface area contributed by atoms with Gasteiger partial charge in [0, 0.05) is 12.1 Å². The summed E-state index contributed by atoms with van der Waals surface area (Å²) in [6.07, 6.45) is 8.91. The van der Waals surface area contributed by atoms with Gasteiger partial charge in [0.15, 0.2) is 0 Å². The van der Waals surface area contributed by atoms with E-state index in [1.54, 1.807) is 0 Å². The van der Waals surface area contributed by atoms with Gasteiger partial charge in [0.25, 0.3) is 0 Å². The predicted molar refractivity (Wildman–Crippen MR) is 71.8 cm³/mol. The number of benzene rings is 1. The minimum Gasteiger partial charge on any atom is -0.394 e. The fourth-order valence-electron chi connectivity index (χ4n) is 2.48. The van der Waals surface area contributed by atoms with Crippen molar-refractivity contribution in [2.75, 3.05) is 13.2 Å². The zero-order valence-corrected chi connectivity index (χ0v) is 10.2. The van der Waals surface area contributed by atoms with Crippen molar-refractivity contribution in [1.82, 2.24) is 5.32 Å². The van der Waals surface area contributed by atoms with Crippen molar-refractivity contribution >= 4 is 6.08 Å². The third kappa shape index (κ3) is 3.42. The van der Waals surface area contributed by atoms with Gasteiger partial charge in [-0.25, -0.2) is 0 Å². The molecule has 2 nitrogen and oxygen atoms in total. The van der Waals surface area contributed by atoms with Crippen molar-refractivity contribution in [3.63, 3.8) is 0 Å². The molecule has 1 aromatic rings. The van der Waals surface area contributed by atoms with Gasteiger partial charge >= 0.3 is 0 Å². The van der Waals surface area contributed by atoms with Gasteiger partial charge in [-0.15, -0.1) is 0 Å². The number of aliphatic hydroxyl groups excluding tert-OH is 1. The minimum atomic E-state index is -0.0129. The second kappa shape index (κ2) is 5.99. The third-order valence-corrected chi connectivity index (χ3v) is 3.57. The van der Waals surface area contributed by atoms with Gasteiger partial charge in [0.2, 0.25) is 0 Å². The maximum Gasteiger partial charge on any atom is 0.0613 e. The summed E-state index contributed by atoms with van der Waals surface area (Å²) in [4.78, 5) is 0. The lowest BCUT2D eigenvalue weighted by molar-refractivity contribution is 0.168. The molecule has 1 fully saturated rings. The Morgan fingerprint density at radius 1 is 1.18 bits per heavy atom. The first-order valence-electron chi connectivity index (χ1n) is 6.42. The molecule has 0 heterocycles. The molecule has 92 valence electrons. The van der Waals surface area contributed by atoms with Crippen LogP contribution in [0.5, 0.6) is 0 Å². The van der Waals surface area contributed by atoms with Gasteiger partial charge in [0.1, 0.15) is 0 Å². The van der Waals surface area contributed by atoms with Crippen molar-refractivity contribution < 1.29 is 5.11 Å². The summed E-state index contributed by atoms with van der Waals surface area (Å²) in [5.74, 6) is 0. The van der Waals surface area contributed by atoms with E-state index < -0.39 is 0 Å². The van der Waals surface area contributed by atoms with E-state index >= 15 is 0 Å². The summed E-state index contributed by atoms with van der Waals surface area (Å²) in [7, 11) is 0. The average Bonchev–Trinajstić information content (AvgIpc) is 2.85. The highest BCUT2D eigenvalue weighted by Gasteiger charge is 2.31. The van der Waals surface area contributed by atoms with E-state index in [4.69, 9.17) is 0 Å². The average molecular weight is 231 g/mol. The van der Waals surface area contributed by atoms with Crippen molar-refractivity contribution in [2.45, 2.75) is 31.2 Å². The van der Waals surface area contributed by atoms with E-state index in [0.29, 0.717) is 0 Å². The fraction of sp³-hybridized carbons (Fsp3) is 0.467. The minimum absolute atomic E-state index is 0.0129. The molecule has 0 spiro atoms. The van der Waals surface area contributed by atoms with Gasteiger partial charge in [0.05, 0.1) is 6.61 Å². The molecule has 0 bridgehead atoms. The van der Waals surface area contributed by atoms with Gasteiger partial charge < -0.3 is 10.4 Å². The number of rotatable bonds is 5. The zero-order valence-electron chi connectivity index (χ0n) is 10.2. The Morgan fingerprint density at radius 3 is 2.53 bits per heavy atom. The van der Waals surface area contributed by atoms with E-state index in [-0.39, 0.29) is 12.1 Å². The highest BCUT2D eigenvalue weighted by Crippen LogP contribution is 2.28. The molecule has 17 heavy (non-hydrogen) atoms. The van der Waals surface area contributed by atoms with E-state index in [1.165, 1.54) is 18.4 Å². The van der Waals surface area contributed by atoms with E-state index in [1.807, 2.05) is 18.2 Å². The van der Waals surface area contributed by atoms with Crippen molar-refractivity contribution in [3.8, 4) is 0 Å². The molecule has 1 aliphatic rings. The molecule has 1 aromatic carbocycles. The molecule has 2 N–H and O–H groups in total. The molecule has 0 radical (unpaired) electrons. The normalized spacial score (nSPS) is 18.9. The summed E-state index contributed by atoms with van der Waals surface area (Å²) >= 11 is 0. The largest absolute Gasteiger partial charge is 0.394 e. The maximum atomic E-state index is 9.45. The van der Waals surface area contributed by atoms with Crippen LogP contribution in [0.3, 0.4) is 0 Å². The van der Waals surface area contributed by atoms with Crippen LogP contribution < -0.4 is 5.32 Å². The Labute approximate surface area is 103 Å². The molecular weight excluding hydrogens is 210 g/mol. The Bertz CT molecular complexity index is 352. The first kappa shape index (κ1) is 12.3. The lowest BCUT2D eigenvalue weighted by Crippen LogP contribution is -2.46. The Hall–Kier alpha value is -1.12. The maximum absolute atomic E-state index is 9.45. The molecule has 0 amide bonds. The van der Waals surface area contributed by atoms with Crippen LogP contribution in [0, 0.1) is 0 Å². The number of hydrogen-bond acceptors (Lipinski definition) is 2. The van der Waals surface area contributed by atoms with Crippen LogP contribution in [0.1, 0.15) is 31.2 Å². The second-order valence-corrected chi connectivity index (χ2v) is 4.84. The fourth-order valence-corrected chi connectivity index (χ4v) is 2.48. The van der Waals surface area contributed by atoms with Gasteiger partial charge in [-0.2, -0.15) is 0 Å². The molecule has 2 heteroatoms. The van der Waals surface area contributed by atoms with E-state index in [0.717, 1.165) is 19.4 Å². The Balaban J connectivity index is 1.81.